The Morgan fingerprint density at radius 3 is 2.71 bits per heavy atom. The van der Waals surface area contributed by atoms with Gasteiger partial charge in [0.25, 0.3) is 0 Å². The Balaban J connectivity index is 2.58. The quantitative estimate of drug-likeness (QED) is 0.750. The molecule has 0 amide bonds. The Kier molecular flexibility index (Phi) is 4.59. The summed E-state index contributed by atoms with van der Waals surface area (Å²) in [6, 6.07) is 5.82. The van der Waals surface area contributed by atoms with Crippen molar-refractivity contribution in [2.24, 2.45) is 0 Å². The summed E-state index contributed by atoms with van der Waals surface area (Å²) in [5.74, 6) is 2.57. The Morgan fingerprint density at radius 1 is 1.35 bits per heavy atom. The minimum absolute atomic E-state index is 0.0510. The van der Waals surface area contributed by atoms with Crippen molar-refractivity contribution in [2.75, 3.05) is 18.1 Å². The van der Waals surface area contributed by atoms with Gasteiger partial charge in [-0.25, -0.2) is 8.42 Å². The molecule has 0 bridgehead atoms. The van der Waals surface area contributed by atoms with Crippen LogP contribution >= 0.6 is 0 Å². The first-order chi connectivity index (χ1) is 7.94. The van der Waals surface area contributed by atoms with E-state index in [2.05, 4.69) is 5.92 Å². The minimum Gasteiger partial charge on any atom is -0.492 e. The van der Waals surface area contributed by atoms with Gasteiger partial charge in [0.1, 0.15) is 18.1 Å². The fourth-order valence-corrected chi connectivity index (χ4v) is 2.08. The van der Waals surface area contributed by atoms with E-state index in [9.17, 15) is 8.42 Å². The van der Waals surface area contributed by atoms with E-state index in [1.807, 2.05) is 32.0 Å². The zero-order valence-electron chi connectivity index (χ0n) is 10.1. The van der Waals surface area contributed by atoms with Crippen molar-refractivity contribution in [3.63, 3.8) is 0 Å². The fraction of sp³-hybridized carbons (Fsp3) is 0.385. The minimum atomic E-state index is -3.19. The summed E-state index contributed by atoms with van der Waals surface area (Å²) in [5, 5.41) is 0. The number of terminal acetylenes is 1. The Labute approximate surface area is 103 Å². The van der Waals surface area contributed by atoms with Crippen molar-refractivity contribution in [1.82, 2.24) is 0 Å². The Bertz CT molecular complexity index is 524. The first-order valence-electron chi connectivity index (χ1n) is 5.28. The molecule has 92 valence electrons. The second-order valence-corrected chi connectivity index (χ2v) is 6.10. The predicted molar refractivity (Wildman–Crippen MR) is 68.9 cm³/mol. The third-order valence-corrected chi connectivity index (χ3v) is 3.69. The molecule has 0 fully saturated rings. The van der Waals surface area contributed by atoms with Crippen LogP contribution in [0.25, 0.3) is 0 Å². The maximum atomic E-state index is 11.4. The van der Waals surface area contributed by atoms with Gasteiger partial charge in [0, 0.05) is 0 Å². The lowest BCUT2D eigenvalue weighted by molar-refractivity contribution is 0.338. The molecule has 0 aliphatic carbocycles. The second kappa shape index (κ2) is 5.74. The van der Waals surface area contributed by atoms with Gasteiger partial charge in [0.15, 0.2) is 9.84 Å². The molecule has 3 nitrogen and oxygen atoms in total. The molecule has 0 radical (unpaired) electrons. The third kappa shape index (κ3) is 4.49. The molecule has 0 heterocycles. The van der Waals surface area contributed by atoms with Gasteiger partial charge in [0.05, 0.1) is 5.75 Å². The van der Waals surface area contributed by atoms with Crippen LogP contribution in [0.4, 0.5) is 0 Å². The van der Waals surface area contributed by atoms with Crippen molar-refractivity contribution < 1.29 is 13.2 Å². The summed E-state index contributed by atoms with van der Waals surface area (Å²) in [6.45, 7) is 4.01. The summed E-state index contributed by atoms with van der Waals surface area (Å²) < 4.78 is 28.2. The molecule has 17 heavy (non-hydrogen) atoms. The predicted octanol–water partition coefficient (Wildman–Crippen LogP) is 1.73. The molecule has 1 rings (SSSR count). The molecular formula is C13H16O3S. The number of sulfone groups is 1. The first-order valence-corrected chi connectivity index (χ1v) is 7.11. The molecule has 0 aliphatic heterocycles. The highest BCUT2D eigenvalue weighted by Crippen LogP contribution is 2.18. The highest BCUT2D eigenvalue weighted by atomic mass is 32.2. The maximum Gasteiger partial charge on any atom is 0.164 e. The van der Waals surface area contributed by atoms with Gasteiger partial charge in [-0.1, -0.05) is 18.1 Å². The van der Waals surface area contributed by atoms with E-state index in [-0.39, 0.29) is 18.1 Å². The number of hydrogen-bond donors (Lipinski definition) is 0. The van der Waals surface area contributed by atoms with Gasteiger partial charge in [-0.2, -0.15) is 0 Å². The van der Waals surface area contributed by atoms with Crippen LogP contribution in [-0.2, 0) is 9.84 Å². The summed E-state index contributed by atoms with van der Waals surface area (Å²) in [5.41, 5.74) is 2.07. The molecule has 1 aromatic carbocycles. The topological polar surface area (TPSA) is 43.4 Å². The van der Waals surface area contributed by atoms with Gasteiger partial charge < -0.3 is 4.74 Å². The van der Waals surface area contributed by atoms with E-state index < -0.39 is 9.84 Å². The zero-order chi connectivity index (χ0) is 12.9. The van der Waals surface area contributed by atoms with Crippen molar-refractivity contribution in [1.29, 1.82) is 0 Å². The number of hydrogen-bond acceptors (Lipinski definition) is 3. The van der Waals surface area contributed by atoms with Gasteiger partial charge in [-0.05, 0) is 31.0 Å². The summed E-state index contributed by atoms with van der Waals surface area (Å²) in [6.07, 6.45) is 4.97. The molecule has 0 atom stereocenters. The average Bonchev–Trinajstić information content (AvgIpc) is 2.23. The molecule has 0 saturated heterocycles. The molecule has 0 spiro atoms. The lowest BCUT2D eigenvalue weighted by Crippen LogP contribution is -2.16. The number of benzene rings is 1. The zero-order valence-corrected chi connectivity index (χ0v) is 10.9. The fourth-order valence-electron chi connectivity index (χ4n) is 1.34. The van der Waals surface area contributed by atoms with E-state index in [1.54, 1.807) is 0 Å². The number of ether oxygens (including phenoxy) is 1. The largest absolute Gasteiger partial charge is 0.492 e. The Morgan fingerprint density at radius 2 is 2.06 bits per heavy atom. The van der Waals surface area contributed by atoms with E-state index in [4.69, 9.17) is 11.2 Å². The summed E-state index contributed by atoms with van der Waals surface area (Å²) in [7, 11) is -3.19. The van der Waals surface area contributed by atoms with E-state index in [0.717, 1.165) is 16.9 Å². The van der Waals surface area contributed by atoms with Gasteiger partial charge >= 0.3 is 0 Å². The lowest BCUT2D eigenvalue weighted by Gasteiger charge is -2.09. The normalized spacial score (nSPS) is 10.9. The highest BCUT2D eigenvalue weighted by Gasteiger charge is 2.09. The molecule has 0 aliphatic rings. The van der Waals surface area contributed by atoms with Gasteiger partial charge in [-0.3, -0.25) is 0 Å². The highest BCUT2D eigenvalue weighted by molar-refractivity contribution is 7.91. The van der Waals surface area contributed by atoms with Crippen molar-refractivity contribution in [2.45, 2.75) is 13.8 Å². The van der Waals surface area contributed by atoms with Crippen LogP contribution in [0, 0.1) is 26.2 Å². The molecule has 0 saturated carbocycles. The van der Waals surface area contributed by atoms with Crippen LogP contribution < -0.4 is 4.74 Å². The lowest BCUT2D eigenvalue weighted by atomic mass is 10.1. The molecular weight excluding hydrogens is 236 g/mol. The van der Waals surface area contributed by atoms with Crippen molar-refractivity contribution >= 4 is 9.84 Å². The Hall–Kier alpha value is -1.47. The van der Waals surface area contributed by atoms with Crippen LogP contribution in [0.1, 0.15) is 11.1 Å². The van der Waals surface area contributed by atoms with Crippen LogP contribution in [0.2, 0.25) is 0 Å². The van der Waals surface area contributed by atoms with Gasteiger partial charge in [0.2, 0.25) is 0 Å². The second-order valence-electron chi connectivity index (χ2n) is 3.91. The molecule has 0 N–H and O–H groups in total. The molecule has 0 unspecified atom stereocenters. The summed E-state index contributed by atoms with van der Waals surface area (Å²) in [4.78, 5) is 0. The molecule has 1 aromatic rings. The van der Waals surface area contributed by atoms with Gasteiger partial charge in [-0.15, -0.1) is 6.42 Å². The first kappa shape index (κ1) is 13.6. The number of rotatable bonds is 5. The van der Waals surface area contributed by atoms with E-state index >= 15 is 0 Å². The third-order valence-electron chi connectivity index (χ3n) is 2.30. The van der Waals surface area contributed by atoms with Crippen LogP contribution in [0.3, 0.4) is 0 Å². The summed E-state index contributed by atoms with van der Waals surface area (Å²) >= 11 is 0. The SMILES string of the molecule is C#CCS(=O)(=O)CCOc1cc(C)ccc1C. The average molecular weight is 252 g/mol. The molecule has 0 aromatic heterocycles. The standard InChI is InChI=1S/C13H16O3S/c1-4-8-17(14,15)9-7-16-13-10-11(2)5-6-12(13)3/h1,5-6,10H,7-9H2,2-3H3. The van der Waals surface area contributed by atoms with Crippen LogP contribution in [0.5, 0.6) is 5.75 Å². The maximum absolute atomic E-state index is 11.4. The van der Waals surface area contributed by atoms with Crippen molar-refractivity contribution in [3.05, 3.63) is 29.3 Å². The van der Waals surface area contributed by atoms with E-state index in [0.29, 0.717) is 0 Å². The monoisotopic (exact) mass is 252 g/mol. The number of aryl methyl sites for hydroxylation is 2. The smallest absolute Gasteiger partial charge is 0.164 e. The van der Waals surface area contributed by atoms with E-state index in [1.165, 1.54) is 0 Å². The van der Waals surface area contributed by atoms with Crippen LogP contribution in [0.15, 0.2) is 18.2 Å². The van der Waals surface area contributed by atoms with Crippen LogP contribution in [-0.4, -0.2) is 26.5 Å². The molecule has 4 heteroatoms. The van der Waals surface area contributed by atoms with Crippen molar-refractivity contribution in [3.8, 4) is 18.1 Å².